The van der Waals surface area contributed by atoms with Gasteiger partial charge in [-0.15, -0.1) is 0 Å². The lowest BCUT2D eigenvalue weighted by Crippen LogP contribution is -2.39. The molecule has 0 saturated heterocycles. The summed E-state index contributed by atoms with van der Waals surface area (Å²) in [7, 11) is 3.46. The van der Waals surface area contributed by atoms with Crippen LogP contribution in [0.3, 0.4) is 0 Å². The molecule has 15 heavy (non-hydrogen) atoms. The highest BCUT2D eigenvalue weighted by Crippen LogP contribution is 1.97. The van der Waals surface area contributed by atoms with Gasteiger partial charge in [0.25, 0.3) is 5.82 Å². The number of ether oxygens (including phenoxy) is 2. The zero-order chi connectivity index (χ0) is 11.1. The van der Waals surface area contributed by atoms with Crippen LogP contribution in [0.25, 0.3) is 0 Å². The van der Waals surface area contributed by atoms with E-state index in [0.717, 1.165) is 32.7 Å². The van der Waals surface area contributed by atoms with E-state index in [4.69, 9.17) is 9.47 Å². The molecule has 1 rings (SSSR count). The van der Waals surface area contributed by atoms with E-state index in [1.54, 1.807) is 14.2 Å². The summed E-state index contributed by atoms with van der Waals surface area (Å²) in [5.41, 5.74) is 0. The van der Waals surface area contributed by atoms with Gasteiger partial charge in [-0.3, -0.25) is 0 Å². The molecular formula is C11H21N2O2+. The van der Waals surface area contributed by atoms with E-state index in [1.165, 1.54) is 5.82 Å². The highest BCUT2D eigenvalue weighted by atomic mass is 16.5. The lowest BCUT2D eigenvalue weighted by molar-refractivity contribution is -0.705. The van der Waals surface area contributed by atoms with Crippen LogP contribution >= 0.6 is 0 Å². The molecule has 1 aromatic rings. The Morgan fingerprint density at radius 3 is 2.60 bits per heavy atom. The fourth-order valence-corrected chi connectivity index (χ4v) is 1.69. The zero-order valence-corrected chi connectivity index (χ0v) is 9.90. The van der Waals surface area contributed by atoms with E-state index in [0.29, 0.717) is 0 Å². The summed E-state index contributed by atoms with van der Waals surface area (Å²) in [5, 5.41) is 0. The maximum atomic E-state index is 5.08. The standard InChI is InChI=1S/C11H21N2O2/c1-4-11-12(7-9-14-2)5-6-13(11)8-10-15-3/h5-6H,4,7-10H2,1-3H3/q+1. The highest BCUT2D eigenvalue weighted by Gasteiger charge is 2.13. The lowest BCUT2D eigenvalue weighted by Gasteiger charge is -2.02. The molecule has 0 atom stereocenters. The van der Waals surface area contributed by atoms with E-state index in [1.807, 2.05) is 0 Å². The van der Waals surface area contributed by atoms with Crippen LogP contribution in [0.2, 0.25) is 0 Å². The van der Waals surface area contributed by atoms with Gasteiger partial charge in [0, 0.05) is 20.6 Å². The first-order valence-electron chi connectivity index (χ1n) is 5.38. The molecule has 0 aliphatic carbocycles. The van der Waals surface area contributed by atoms with Gasteiger partial charge in [-0.1, -0.05) is 6.92 Å². The van der Waals surface area contributed by atoms with Gasteiger partial charge < -0.3 is 9.47 Å². The third kappa shape index (κ3) is 3.32. The van der Waals surface area contributed by atoms with E-state index in [2.05, 4.69) is 28.5 Å². The van der Waals surface area contributed by atoms with Crippen LogP contribution in [0.4, 0.5) is 0 Å². The van der Waals surface area contributed by atoms with Gasteiger partial charge in [-0.2, -0.15) is 0 Å². The molecule has 86 valence electrons. The number of rotatable bonds is 7. The largest absolute Gasteiger partial charge is 0.381 e. The Labute approximate surface area is 91.4 Å². The molecule has 4 nitrogen and oxygen atoms in total. The first-order valence-corrected chi connectivity index (χ1v) is 5.38. The van der Waals surface area contributed by atoms with Crippen LogP contribution < -0.4 is 4.57 Å². The van der Waals surface area contributed by atoms with Crippen LogP contribution in [0.15, 0.2) is 12.4 Å². The summed E-state index contributed by atoms with van der Waals surface area (Å²) in [6.45, 7) is 5.51. The minimum absolute atomic E-state index is 0.756. The van der Waals surface area contributed by atoms with E-state index < -0.39 is 0 Å². The molecule has 0 aromatic carbocycles. The fraction of sp³-hybridized carbons (Fsp3) is 0.727. The van der Waals surface area contributed by atoms with E-state index in [-0.39, 0.29) is 0 Å². The molecule has 0 spiro atoms. The normalized spacial score (nSPS) is 10.9. The van der Waals surface area contributed by atoms with Crippen molar-refractivity contribution >= 4 is 0 Å². The maximum Gasteiger partial charge on any atom is 0.256 e. The average molecular weight is 213 g/mol. The van der Waals surface area contributed by atoms with Crippen molar-refractivity contribution in [3.05, 3.63) is 18.2 Å². The van der Waals surface area contributed by atoms with Gasteiger partial charge in [0.2, 0.25) is 0 Å². The summed E-state index contributed by atoms with van der Waals surface area (Å²) < 4.78 is 14.6. The van der Waals surface area contributed by atoms with Crippen LogP contribution in [0, 0.1) is 0 Å². The molecule has 0 fully saturated rings. The van der Waals surface area contributed by atoms with Crippen LogP contribution in [0.5, 0.6) is 0 Å². The highest BCUT2D eigenvalue weighted by molar-refractivity contribution is 4.82. The predicted molar refractivity (Wildman–Crippen MR) is 57.8 cm³/mol. The minimum Gasteiger partial charge on any atom is -0.381 e. The Kier molecular flexibility index (Phi) is 5.36. The monoisotopic (exact) mass is 213 g/mol. The Bertz CT molecular complexity index is 259. The molecule has 0 amide bonds. The number of imidazole rings is 1. The van der Waals surface area contributed by atoms with Crippen molar-refractivity contribution < 1.29 is 14.0 Å². The SMILES string of the molecule is CCc1n(CCOC)cc[n+]1CCOC. The Hall–Kier alpha value is -0.870. The molecule has 0 radical (unpaired) electrons. The summed E-state index contributed by atoms with van der Waals surface area (Å²) in [4.78, 5) is 0. The summed E-state index contributed by atoms with van der Waals surface area (Å²) in [6, 6.07) is 0. The summed E-state index contributed by atoms with van der Waals surface area (Å²) >= 11 is 0. The van der Waals surface area contributed by atoms with Crippen molar-refractivity contribution in [3.63, 3.8) is 0 Å². The maximum absolute atomic E-state index is 5.08. The summed E-state index contributed by atoms with van der Waals surface area (Å²) in [6.07, 6.45) is 5.24. The van der Waals surface area contributed by atoms with Crippen molar-refractivity contribution in [3.8, 4) is 0 Å². The number of hydrogen-bond acceptors (Lipinski definition) is 2. The number of nitrogens with zero attached hydrogens (tertiary/aromatic N) is 2. The molecule has 0 aliphatic heterocycles. The molecule has 4 heteroatoms. The molecular weight excluding hydrogens is 192 g/mol. The summed E-state index contributed by atoms with van der Waals surface area (Å²) in [5.74, 6) is 1.32. The van der Waals surface area contributed by atoms with E-state index in [9.17, 15) is 0 Å². The molecule has 0 N–H and O–H groups in total. The van der Waals surface area contributed by atoms with Crippen molar-refractivity contribution in [2.45, 2.75) is 26.4 Å². The molecule has 0 aliphatic rings. The third-order valence-electron chi connectivity index (χ3n) is 2.48. The van der Waals surface area contributed by atoms with Gasteiger partial charge in [-0.25, -0.2) is 9.13 Å². The third-order valence-corrected chi connectivity index (χ3v) is 2.48. The molecule has 1 heterocycles. The topological polar surface area (TPSA) is 27.3 Å². The second-order valence-electron chi connectivity index (χ2n) is 3.44. The smallest absolute Gasteiger partial charge is 0.256 e. The van der Waals surface area contributed by atoms with Gasteiger partial charge >= 0.3 is 0 Å². The Balaban J connectivity index is 2.66. The van der Waals surface area contributed by atoms with E-state index >= 15 is 0 Å². The van der Waals surface area contributed by atoms with Gasteiger partial charge in [0.05, 0.1) is 13.2 Å². The molecule has 0 saturated carbocycles. The fourth-order valence-electron chi connectivity index (χ4n) is 1.69. The first kappa shape index (κ1) is 12.2. The minimum atomic E-state index is 0.756. The van der Waals surface area contributed by atoms with Gasteiger partial charge in [-0.05, 0) is 0 Å². The Morgan fingerprint density at radius 1 is 1.27 bits per heavy atom. The average Bonchev–Trinajstić information content (AvgIpc) is 2.65. The molecule has 1 aromatic heterocycles. The second kappa shape index (κ2) is 6.58. The van der Waals surface area contributed by atoms with Crippen LogP contribution in [-0.4, -0.2) is 32.0 Å². The zero-order valence-electron chi connectivity index (χ0n) is 9.90. The molecule has 0 unspecified atom stereocenters. The Morgan fingerprint density at radius 2 is 2.00 bits per heavy atom. The molecule has 0 bridgehead atoms. The number of methoxy groups -OCH3 is 2. The predicted octanol–water partition coefficient (Wildman–Crippen LogP) is 0.631. The number of aromatic nitrogens is 2. The van der Waals surface area contributed by atoms with Crippen molar-refractivity contribution in [2.24, 2.45) is 0 Å². The number of hydrogen-bond donors (Lipinski definition) is 0. The van der Waals surface area contributed by atoms with Gasteiger partial charge in [0.15, 0.2) is 0 Å². The lowest BCUT2D eigenvalue weighted by atomic mass is 10.4. The van der Waals surface area contributed by atoms with Crippen molar-refractivity contribution in [1.29, 1.82) is 0 Å². The van der Waals surface area contributed by atoms with Crippen LogP contribution in [0.1, 0.15) is 12.7 Å². The van der Waals surface area contributed by atoms with Crippen molar-refractivity contribution in [2.75, 3.05) is 27.4 Å². The first-order chi connectivity index (χ1) is 7.33. The van der Waals surface area contributed by atoms with Gasteiger partial charge in [0.1, 0.15) is 25.5 Å². The second-order valence-corrected chi connectivity index (χ2v) is 3.44. The quantitative estimate of drug-likeness (QED) is 0.621. The van der Waals surface area contributed by atoms with Crippen molar-refractivity contribution in [1.82, 2.24) is 4.57 Å². The van der Waals surface area contributed by atoms with Crippen LogP contribution in [-0.2, 0) is 29.0 Å².